The highest BCUT2D eigenvalue weighted by molar-refractivity contribution is 5.84. The van der Waals surface area contributed by atoms with Crippen LogP contribution in [-0.4, -0.2) is 17.4 Å². The molecule has 0 bridgehead atoms. The van der Waals surface area contributed by atoms with Crippen LogP contribution in [0.25, 0.3) is 0 Å². The van der Waals surface area contributed by atoms with Gasteiger partial charge in [0.1, 0.15) is 5.78 Å². The van der Waals surface area contributed by atoms with Gasteiger partial charge < -0.3 is 0 Å². The van der Waals surface area contributed by atoms with Crippen molar-refractivity contribution in [3.05, 3.63) is 0 Å². The van der Waals surface area contributed by atoms with E-state index in [1.807, 2.05) is 6.92 Å². The van der Waals surface area contributed by atoms with E-state index in [1.54, 1.807) is 6.08 Å². The van der Waals surface area contributed by atoms with E-state index in [2.05, 4.69) is 18.8 Å². The van der Waals surface area contributed by atoms with Gasteiger partial charge in [-0.05, 0) is 31.1 Å². The maximum absolute atomic E-state index is 11.7. The molecule has 0 saturated heterocycles. The molecule has 15 heavy (non-hydrogen) atoms. The van der Waals surface area contributed by atoms with Crippen LogP contribution < -0.4 is 0 Å². The number of isocyanates is 1. The van der Waals surface area contributed by atoms with Gasteiger partial charge in [0.25, 0.3) is 0 Å². The van der Waals surface area contributed by atoms with Crippen molar-refractivity contribution in [2.45, 2.75) is 45.6 Å². The quantitative estimate of drug-likeness (QED) is 0.488. The number of carbonyl (C=O) groups excluding carboxylic acids is 2. The molecule has 0 radical (unpaired) electrons. The lowest BCUT2D eigenvalue weighted by atomic mass is 9.46. The fraction of sp³-hybridized carbons (Fsp3) is 0.833. The second kappa shape index (κ2) is 3.02. The Morgan fingerprint density at radius 1 is 1.40 bits per heavy atom. The molecule has 2 rings (SSSR count). The number of nitrogens with zero attached hydrogens (tertiary/aromatic N) is 1. The van der Waals surface area contributed by atoms with Gasteiger partial charge >= 0.3 is 0 Å². The summed E-state index contributed by atoms with van der Waals surface area (Å²) in [5.41, 5.74) is -0.224. The van der Waals surface area contributed by atoms with Gasteiger partial charge in [0.2, 0.25) is 6.08 Å². The molecule has 0 heterocycles. The Bertz CT molecular complexity index is 355. The predicted octanol–water partition coefficient (Wildman–Crippen LogP) is 2.11. The van der Waals surface area contributed by atoms with Crippen LogP contribution in [-0.2, 0) is 9.59 Å². The molecule has 2 saturated carbocycles. The summed E-state index contributed by atoms with van der Waals surface area (Å²) in [4.78, 5) is 26.0. The van der Waals surface area contributed by atoms with Crippen LogP contribution in [0.1, 0.15) is 40.0 Å². The first-order valence-corrected chi connectivity index (χ1v) is 5.52. The van der Waals surface area contributed by atoms with Crippen LogP contribution in [0.3, 0.4) is 0 Å². The zero-order chi connectivity index (χ0) is 11.3. The minimum absolute atomic E-state index is 0.117. The Kier molecular flexibility index (Phi) is 2.13. The fourth-order valence-corrected chi connectivity index (χ4v) is 3.65. The van der Waals surface area contributed by atoms with Crippen molar-refractivity contribution < 1.29 is 9.59 Å². The van der Waals surface area contributed by atoms with Crippen LogP contribution in [0.15, 0.2) is 4.99 Å². The highest BCUT2D eigenvalue weighted by Gasteiger charge is 2.61. The fourth-order valence-electron chi connectivity index (χ4n) is 3.65. The minimum atomic E-state index is -0.341. The summed E-state index contributed by atoms with van der Waals surface area (Å²) in [5, 5.41) is 0. The lowest BCUT2D eigenvalue weighted by molar-refractivity contribution is -0.147. The maximum Gasteiger partial charge on any atom is 0.235 e. The van der Waals surface area contributed by atoms with Gasteiger partial charge in [-0.2, -0.15) is 4.99 Å². The Balaban J connectivity index is 2.32. The summed E-state index contributed by atoms with van der Waals surface area (Å²) in [5.74, 6) is 0.724. The van der Waals surface area contributed by atoms with Gasteiger partial charge in [0.15, 0.2) is 0 Å². The van der Waals surface area contributed by atoms with Crippen molar-refractivity contribution in [2.75, 3.05) is 0 Å². The third-order valence-corrected chi connectivity index (χ3v) is 4.28. The van der Waals surface area contributed by atoms with E-state index in [9.17, 15) is 9.59 Å². The molecule has 0 aromatic carbocycles. The van der Waals surface area contributed by atoms with Gasteiger partial charge in [-0.15, -0.1) is 0 Å². The molecule has 0 spiro atoms. The summed E-state index contributed by atoms with van der Waals surface area (Å²) in [6, 6.07) is 0. The van der Waals surface area contributed by atoms with Gasteiger partial charge in [0.05, 0.1) is 5.54 Å². The molecule has 2 aliphatic carbocycles. The number of aliphatic imine (C=N–C) groups is 1. The van der Waals surface area contributed by atoms with E-state index in [0.717, 1.165) is 12.8 Å². The largest absolute Gasteiger partial charge is 0.299 e. The maximum atomic E-state index is 11.7. The molecule has 82 valence electrons. The number of fused-ring (bicyclic) bond motifs is 1. The van der Waals surface area contributed by atoms with Crippen LogP contribution in [0, 0.1) is 17.3 Å². The average molecular weight is 207 g/mol. The van der Waals surface area contributed by atoms with E-state index in [1.165, 1.54) is 0 Å². The minimum Gasteiger partial charge on any atom is -0.299 e. The van der Waals surface area contributed by atoms with Crippen LogP contribution in [0.5, 0.6) is 0 Å². The first-order valence-electron chi connectivity index (χ1n) is 5.52. The molecule has 3 nitrogen and oxygen atoms in total. The molecular weight excluding hydrogens is 190 g/mol. The van der Waals surface area contributed by atoms with Crippen LogP contribution in [0.2, 0.25) is 0 Å². The average Bonchev–Trinajstić information content (AvgIpc) is 2.09. The van der Waals surface area contributed by atoms with Crippen molar-refractivity contribution in [3.8, 4) is 0 Å². The van der Waals surface area contributed by atoms with Crippen LogP contribution in [0.4, 0.5) is 0 Å². The Morgan fingerprint density at radius 3 is 2.67 bits per heavy atom. The summed E-state index contributed by atoms with van der Waals surface area (Å²) >= 11 is 0. The Morgan fingerprint density at radius 2 is 2.07 bits per heavy atom. The van der Waals surface area contributed by atoms with Crippen molar-refractivity contribution in [1.29, 1.82) is 0 Å². The van der Waals surface area contributed by atoms with E-state index >= 15 is 0 Å². The van der Waals surface area contributed by atoms with Crippen molar-refractivity contribution >= 4 is 11.9 Å². The molecule has 0 aliphatic heterocycles. The van der Waals surface area contributed by atoms with Crippen molar-refractivity contribution in [2.24, 2.45) is 22.2 Å². The standard InChI is InChI=1S/C12H17NO2/c1-11(2)5-4-9(15)8-6-12(3,10(8)11)13-7-14/h8,10H,4-6H2,1-3H3/t8-,10+,12+/m1/s1. The second-order valence-electron chi connectivity index (χ2n) is 5.80. The van der Waals surface area contributed by atoms with Crippen molar-refractivity contribution in [3.63, 3.8) is 0 Å². The van der Waals surface area contributed by atoms with Gasteiger partial charge in [-0.25, -0.2) is 4.79 Å². The van der Waals surface area contributed by atoms with Crippen molar-refractivity contribution in [1.82, 2.24) is 0 Å². The third-order valence-electron chi connectivity index (χ3n) is 4.28. The predicted molar refractivity (Wildman–Crippen MR) is 56.1 cm³/mol. The normalized spacial score (nSPS) is 42.5. The highest BCUT2D eigenvalue weighted by atomic mass is 16.1. The van der Waals surface area contributed by atoms with Gasteiger partial charge in [0, 0.05) is 12.3 Å². The Labute approximate surface area is 90.0 Å². The molecule has 3 heteroatoms. The Hall–Kier alpha value is -0.950. The van der Waals surface area contributed by atoms with Gasteiger partial charge in [-0.3, -0.25) is 4.79 Å². The number of Topliss-reactive ketones (excluding diaryl/α,β-unsaturated/α-hetero) is 1. The smallest absolute Gasteiger partial charge is 0.235 e. The van der Waals surface area contributed by atoms with E-state index < -0.39 is 0 Å². The SMILES string of the molecule is CC1(C)CCC(=O)[C@H]2C[C@](C)(N=C=O)[C@@H]21. The molecule has 3 atom stereocenters. The number of hydrogen-bond donors (Lipinski definition) is 0. The highest BCUT2D eigenvalue weighted by Crippen LogP contribution is 2.59. The lowest BCUT2D eigenvalue weighted by Gasteiger charge is -2.58. The first-order chi connectivity index (χ1) is 6.91. The third kappa shape index (κ3) is 1.37. The molecule has 0 aromatic heterocycles. The molecule has 0 unspecified atom stereocenters. The monoisotopic (exact) mass is 207 g/mol. The molecule has 0 N–H and O–H groups in total. The number of ketones is 1. The summed E-state index contributed by atoms with van der Waals surface area (Å²) < 4.78 is 0. The number of hydrogen-bond acceptors (Lipinski definition) is 3. The zero-order valence-electron chi connectivity index (χ0n) is 9.54. The topological polar surface area (TPSA) is 46.5 Å². The first kappa shape index (κ1) is 10.6. The lowest BCUT2D eigenvalue weighted by Crippen LogP contribution is -2.61. The molecule has 2 aliphatic rings. The molecule has 0 amide bonds. The number of rotatable bonds is 1. The summed E-state index contributed by atoms with van der Waals surface area (Å²) in [6.45, 7) is 6.32. The number of carbonyl (C=O) groups is 1. The van der Waals surface area contributed by atoms with E-state index in [4.69, 9.17) is 0 Å². The molecular formula is C12H17NO2. The molecule has 0 aromatic rings. The van der Waals surface area contributed by atoms with Crippen LogP contribution >= 0.6 is 0 Å². The zero-order valence-corrected chi connectivity index (χ0v) is 9.54. The summed E-state index contributed by atoms with van der Waals surface area (Å²) in [6.07, 6.45) is 3.99. The van der Waals surface area contributed by atoms with Gasteiger partial charge in [-0.1, -0.05) is 13.8 Å². The molecule has 2 fully saturated rings. The second-order valence-corrected chi connectivity index (χ2v) is 5.80. The van der Waals surface area contributed by atoms with E-state index in [0.29, 0.717) is 12.2 Å². The summed E-state index contributed by atoms with van der Waals surface area (Å²) in [7, 11) is 0. The van der Waals surface area contributed by atoms with E-state index in [-0.39, 0.29) is 22.8 Å².